The molecule has 0 aromatic carbocycles. The molecule has 0 radical (unpaired) electrons. The Labute approximate surface area is 219 Å². The topological polar surface area (TPSA) is 76.0 Å². The molecule has 0 saturated heterocycles. The zero-order chi connectivity index (χ0) is 25.5. The molecule has 2 unspecified atom stereocenters. The minimum atomic E-state index is -0.552. The Balaban J connectivity index is 1.20. The van der Waals surface area contributed by atoms with Crippen LogP contribution in [0, 0.1) is 17.3 Å². The van der Waals surface area contributed by atoms with E-state index in [4.69, 9.17) is 9.47 Å². The Hall–Kier alpha value is -2.12. The van der Waals surface area contributed by atoms with Gasteiger partial charge in [0.2, 0.25) is 0 Å². The third kappa shape index (κ3) is 5.88. The van der Waals surface area contributed by atoms with E-state index in [0.29, 0.717) is 32.0 Å². The molecule has 0 aromatic rings. The van der Waals surface area contributed by atoms with Crippen molar-refractivity contribution < 1.29 is 24.5 Å². The van der Waals surface area contributed by atoms with Crippen molar-refractivity contribution in [3.05, 3.63) is 82.0 Å². The molecule has 0 fully saturated rings. The van der Waals surface area contributed by atoms with Crippen molar-refractivity contribution >= 4 is 17.7 Å². The van der Waals surface area contributed by atoms with Crippen LogP contribution in [0.15, 0.2) is 82.0 Å². The highest BCUT2D eigenvalue weighted by atomic mass is 32.2. The summed E-state index contributed by atoms with van der Waals surface area (Å²) in [6.45, 7) is 4.94. The summed E-state index contributed by atoms with van der Waals surface area (Å²) in [7, 11) is 0. The van der Waals surface area contributed by atoms with Gasteiger partial charge in [-0.25, -0.2) is 0 Å². The van der Waals surface area contributed by atoms with E-state index in [-0.39, 0.29) is 31.0 Å². The minimum Gasteiger partial charge on any atom is -0.461 e. The van der Waals surface area contributed by atoms with Gasteiger partial charge in [-0.05, 0) is 58.5 Å². The second kappa shape index (κ2) is 12.4. The quantitative estimate of drug-likeness (QED) is 0.257. The summed E-state index contributed by atoms with van der Waals surface area (Å²) in [4.78, 5) is 12.7. The molecule has 4 aliphatic carbocycles. The molecule has 36 heavy (non-hydrogen) atoms. The summed E-state index contributed by atoms with van der Waals surface area (Å²) in [5, 5.41) is 19.0. The van der Waals surface area contributed by atoms with Gasteiger partial charge in [-0.15, -0.1) is 0 Å². The standard InChI is InChI=1S/C30H38O5S/c1-3-30(18-31,19-32)20-34-14-5-15-36-17-21(2)29(33)35-16-25-11-10-24-9-8-22-6-4-7-23-12-13-26(25)28(24)27(22)23/h4,7-13,21,28,31-32H,3,5-6,14-20H2,1-2H3. The zero-order valence-electron chi connectivity index (χ0n) is 21.4. The fourth-order valence-corrected chi connectivity index (χ4v) is 5.91. The number of ether oxygens (including phenoxy) is 2. The van der Waals surface area contributed by atoms with Gasteiger partial charge in [-0.2, -0.15) is 11.8 Å². The lowest BCUT2D eigenvalue weighted by Crippen LogP contribution is -2.34. The van der Waals surface area contributed by atoms with Gasteiger partial charge in [-0.3, -0.25) is 4.79 Å². The predicted octanol–water partition coefficient (Wildman–Crippen LogP) is 4.86. The van der Waals surface area contributed by atoms with Crippen LogP contribution in [0.25, 0.3) is 0 Å². The Bertz CT molecular complexity index is 1040. The number of carbonyl (C=O) groups is 1. The van der Waals surface area contributed by atoms with Crippen LogP contribution in [0.4, 0.5) is 0 Å². The largest absolute Gasteiger partial charge is 0.461 e. The SMILES string of the molecule is CCC(CO)(CO)COCCCSCC(C)C(=O)OCC1=CC=C2C=CC3=C4C(=CC=C1C24)C=CC3. The van der Waals surface area contributed by atoms with Gasteiger partial charge in [0.05, 0.1) is 25.7 Å². The Morgan fingerprint density at radius 3 is 2.78 bits per heavy atom. The third-order valence-electron chi connectivity index (χ3n) is 7.54. The van der Waals surface area contributed by atoms with Crippen molar-refractivity contribution in [2.75, 3.05) is 44.5 Å². The van der Waals surface area contributed by atoms with Gasteiger partial charge in [0.15, 0.2) is 0 Å². The van der Waals surface area contributed by atoms with Crippen molar-refractivity contribution in [1.82, 2.24) is 0 Å². The number of aliphatic hydroxyl groups excluding tert-OH is 2. The molecule has 0 bridgehead atoms. The van der Waals surface area contributed by atoms with E-state index in [1.807, 2.05) is 13.8 Å². The molecule has 4 aliphatic rings. The fraction of sp³-hybridized carbons (Fsp3) is 0.500. The van der Waals surface area contributed by atoms with Gasteiger partial charge < -0.3 is 19.7 Å². The second-order valence-corrected chi connectivity index (χ2v) is 11.2. The molecule has 4 rings (SSSR count). The second-order valence-electron chi connectivity index (χ2n) is 10.1. The molecule has 194 valence electrons. The highest BCUT2D eigenvalue weighted by Gasteiger charge is 2.34. The molecular formula is C30H38O5S. The molecule has 0 amide bonds. The molecule has 5 nitrogen and oxygen atoms in total. The fourth-order valence-electron chi connectivity index (χ4n) is 4.93. The number of hydrogen-bond donors (Lipinski definition) is 2. The summed E-state index contributed by atoms with van der Waals surface area (Å²) in [6.07, 6.45) is 20.1. The highest BCUT2D eigenvalue weighted by Crippen LogP contribution is 2.48. The summed E-state index contributed by atoms with van der Waals surface area (Å²) in [5.41, 5.74) is 7.16. The van der Waals surface area contributed by atoms with E-state index < -0.39 is 5.41 Å². The van der Waals surface area contributed by atoms with E-state index in [9.17, 15) is 15.0 Å². The van der Waals surface area contributed by atoms with E-state index >= 15 is 0 Å². The van der Waals surface area contributed by atoms with Crippen LogP contribution in [0.5, 0.6) is 0 Å². The van der Waals surface area contributed by atoms with Gasteiger partial charge in [0.25, 0.3) is 0 Å². The first-order valence-corrected chi connectivity index (χ1v) is 14.1. The summed E-state index contributed by atoms with van der Waals surface area (Å²) < 4.78 is 11.4. The molecule has 2 atom stereocenters. The number of esters is 1. The zero-order valence-corrected chi connectivity index (χ0v) is 22.2. The summed E-state index contributed by atoms with van der Waals surface area (Å²) >= 11 is 1.72. The van der Waals surface area contributed by atoms with Crippen molar-refractivity contribution in [2.45, 2.75) is 33.1 Å². The predicted molar refractivity (Wildman–Crippen MR) is 146 cm³/mol. The molecule has 0 saturated carbocycles. The van der Waals surface area contributed by atoms with E-state index in [1.165, 1.54) is 27.9 Å². The third-order valence-corrected chi connectivity index (χ3v) is 8.85. The van der Waals surface area contributed by atoms with Crippen molar-refractivity contribution in [3.63, 3.8) is 0 Å². The molecule has 0 heterocycles. The number of aliphatic hydroxyl groups is 2. The number of rotatable bonds is 14. The average molecular weight is 511 g/mol. The Kier molecular flexibility index (Phi) is 9.29. The monoisotopic (exact) mass is 510 g/mol. The maximum absolute atomic E-state index is 12.7. The van der Waals surface area contributed by atoms with Crippen LogP contribution in [0.2, 0.25) is 0 Å². The smallest absolute Gasteiger partial charge is 0.309 e. The normalized spacial score (nSPS) is 20.8. The lowest BCUT2D eigenvalue weighted by atomic mass is 9.67. The van der Waals surface area contributed by atoms with Crippen molar-refractivity contribution in [2.24, 2.45) is 17.3 Å². The lowest BCUT2D eigenvalue weighted by Gasteiger charge is -2.37. The van der Waals surface area contributed by atoms with E-state index in [2.05, 4.69) is 48.6 Å². The first kappa shape index (κ1) is 26.9. The molecule has 2 N–H and O–H groups in total. The van der Waals surface area contributed by atoms with Crippen LogP contribution >= 0.6 is 11.8 Å². The van der Waals surface area contributed by atoms with Gasteiger partial charge in [-0.1, -0.05) is 62.5 Å². The van der Waals surface area contributed by atoms with E-state index in [0.717, 1.165) is 24.2 Å². The number of carbonyl (C=O) groups excluding carboxylic acids is 1. The maximum atomic E-state index is 12.7. The summed E-state index contributed by atoms with van der Waals surface area (Å²) in [6, 6.07) is 0. The van der Waals surface area contributed by atoms with Crippen LogP contribution in [0.3, 0.4) is 0 Å². The lowest BCUT2D eigenvalue weighted by molar-refractivity contribution is -0.146. The van der Waals surface area contributed by atoms with Crippen LogP contribution in [0.1, 0.15) is 33.1 Å². The first-order chi connectivity index (χ1) is 17.5. The Morgan fingerprint density at radius 1 is 1.17 bits per heavy atom. The molecule has 0 aromatic heterocycles. The average Bonchev–Trinajstić information content (AvgIpc) is 2.92. The van der Waals surface area contributed by atoms with E-state index in [1.54, 1.807) is 11.8 Å². The minimum absolute atomic E-state index is 0.0777. The van der Waals surface area contributed by atoms with Crippen LogP contribution < -0.4 is 0 Å². The van der Waals surface area contributed by atoms with Gasteiger partial charge >= 0.3 is 5.97 Å². The number of allylic oxidation sites excluding steroid dienone is 12. The van der Waals surface area contributed by atoms with Crippen molar-refractivity contribution in [3.8, 4) is 0 Å². The Morgan fingerprint density at radius 2 is 2.00 bits per heavy atom. The van der Waals surface area contributed by atoms with Crippen LogP contribution in [-0.4, -0.2) is 60.7 Å². The summed E-state index contributed by atoms with van der Waals surface area (Å²) in [5.74, 6) is 1.51. The van der Waals surface area contributed by atoms with Gasteiger partial charge in [0.1, 0.15) is 6.61 Å². The molecular weight excluding hydrogens is 472 g/mol. The first-order valence-electron chi connectivity index (χ1n) is 13.0. The van der Waals surface area contributed by atoms with Gasteiger partial charge in [0, 0.05) is 23.7 Å². The maximum Gasteiger partial charge on any atom is 0.309 e. The van der Waals surface area contributed by atoms with Crippen molar-refractivity contribution in [1.29, 1.82) is 0 Å². The molecule has 0 spiro atoms. The number of hydrogen-bond acceptors (Lipinski definition) is 6. The highest BCUT2D eigenvalue weighted by molar-refractivity contribution is 7.99. The number of thioether (sulfide) groups is 1. The molecule has 0 aliphatic heterocycles. The van der Waals surface area contributed by atoms with Crippen LogP contribution in [-0.2, 0) is 14.3 Å². The molecule has 6 heteroatoms.